The Balaban J connectivity index is 2.18. The molecule has 0 aliphatic rings. The van der Waals surface area contributed by atoms with Gasteiger partial charge in [0, 0.05) is 23.6 Å². The molecule has 0 aliphatic carbocycles. The number of nitrogens with zero attached hydrogens (tertiary/aromatic N) is 1. The van der Waals surface area contributed by atoms with Gasteiger partial charge < -0.3 is 10.6 Å². The second kappa shape index (κ2) is 6.60. The van der Waals surface area contributed by atoms with Crippen LogP contribution in [0.25, 0.3) is 0 Å². The number of benzene rings is 1. The first-order valence-corrected chi connectivity index (χ1v) is 7.41. The second-order valence-electron chi connectivity index (χ2n) is 6.44. The molecule has 0 bridgehead atoms. The number of nitrogens with one attached hydrogen (secondary N) is 2. The van der Waals surface area contributed by atoms with Gasteiger partial charge in [0.1, 0.15) is 0 Å². The first kappa shape index (κ1) is 16.7. The van der Waals surface area contributed by atoms with Crippen molar-refractivity contribution in [3.63, 3.8) is 0 Å². The molecule has 120 valence electrons. The number of hydrogen-bond donors (Lipinski definition) is 2. The van der Waals surface area contributed by atoms with E-state index in [0.29, 0.717) is 11.1 Å². The molecule has 0 fully saturated rings. The van der Waals surface area contributed by atoms with Crippen LogP contribution in [0.2, 0.25) is 0 Å². The SMILES string of the molecule is Cc1ccccc1NC(=O)c1cncc(C(=O)NC(C)(C)C)c1. The fourth-order valence-electron chi connectivity index (χ4n) is 2.01. The number of rotatable bonds is 3. The van der Waals surface area contributed by atoms with Crippen molar-refractivity contribution in [3.05, 3.63) is 59.4 Å². The molecule has 5 heteroatoms. The molecule has 0 aliphatic heterocycles. The minimum absolute atomic E-state index is 0.254. The highest BCUT2D eigenvalue weighted by Crippen LogP contribution is 2.15. The molecule has 2 amide bonds. The molecule has 2 N–H and O–H groups in total. The molecule has 5 nitrogen and oxygen atoms in total. The second-order valence-corrected chi connectivity index (χ2v) is 6.44. The van der Waals surface area contributed by atoms with Gasteiger partial charge in [0.2, 0.25) is 0 Å². The zero-order chi connectivity index (χ0) is 17.0. The molecule has 2 rings (SSSR count). The summed E-state index contributed by atoms with van der Waals surface area (Å²) in [4.78, 5) is 28.5. The van der Waals surface area contributed by atoms with Gasteiger partial charge in [-0.2, -0.15) is 0 Å². The lowest BCUT2D eigenvalue weighted by Crippen LogP contribution is -2.40. The predicted octanol–water partition coefficient (Wildman–Crippen LogP) is 3.17. The standard InChI is InChI=1S/C18H21N3O2/c1-12-7-5-6-8-15(12)20-16(22)13-9-14(11-19-10-13)17(23)21-18(2,3)4/h5-11H,1-4H3,(H,20,22)(H,21,23). The van der Waals surface area contributed by atoms with E-state index in [0.717, 1.165) is 11.3 Å². The van der Waals surface area contributed by atoms with Crippen LogP contribution in [-0.4, -0.2) is 22.3 Å². The third-order valence-electron chi connectivity index (χ3n) is 3.14. The first-order valence-electron chi connectivity index (χ1n) is 7.41. The number of anilines is 1. The smallest absolute Gasteiger partial charge is 0.257 e. The topological polar surface area (TPSA) is 71.1 Å². The molecule has 1 heterocycles. The molecule has 0 atom stereocenters. The van der Waals surface area contributed by atoms with Crippen LogP contribution in [0.3, 0.4) is 0 Å². The Labute approximate surface area is 136 Å². The van der Waals surface area contributed by atoms with Crippen molar-refractivity contribution >= 4 is 17.5 Å². The Morgan fingerprint density at radius 2 is 1.61 bits per heavy atom. The highest BCUT2D eigenvalue weighted by molar-refractivity contribution is 6.06. The van der Waals surface area contributed by atoms with Gasteiger partial charge in [-0.05, 0) is 45.4 Å². The van der Waals surface area contributed by atoms with Gasteiger partial charge in [-0.1, -0.05) is 18.2 Å². The van der Waals surface area contributed by atoms with Gasteiger partial charge in [0.05, 0.1) is 11.1 Å². The summed E-state index contributed by atoms with van der Waals surface area (Å²) in [5.74, 6) is -0.548. The largest absolute Gasteiger partial charge is 0.347 e. The average Bonchev–Trinajstić information content (AvgIpc) is 2.48. The molecular weight excluding hydrogens is 290 g/mol. The molecule has 0 saturated heterocycles. The highest BCUT2D eigenvalue weighted by atomic mass is 16.2. The third kappa shape index (κ3) is 4.64. The van der Waals surface area contributed by atoms with Crippen LogP contribution in [-0.2, 0) is 0 Å². The summed E-state index contributed by atoms with van der Waals surface area (Å²) in [6.07, 6.45) is 2.90. The summed E-state index contributed by atoms with van der Waals surface area (Å²) in [6.45, 7) is 7.61. The van der Waals surface area contributed by atoms with Crippen molar-refractivity contribution in [2.24, 2.45) is 0 Å². The predicted molar refractivity (Wildman–Crippen MR) is 90.6 cm³/mol. The van der Waals surface area contributed by atoms with Crippen molar-refractivity contribution in [2.45, 2.75) is 33.2 Å². The van der Waals surface area contributed by atoms with Crippen molar-refractivity contribution in [3.8, 4) is 0 Å². The Morgan fingerprint density at radius 3 is 2.22 bits per heavy atom. The minimum Gasteiger partial charge on any atom is -0.347 e. The van der Waals surface area contributed by atoms with Gasteiger partial charge in [-0.3, -0.25) is 14.6 Å². The normalized spacial score (nSPS) is 11.0. The number of amides is 2. The lowest BCUT2D eigenvalue weighted by molar-refractivity contribution is 0.0919. The van der Waals surface area contributed by atoms with E-state index < -0.39 is 0 Å². The molecule has 2 aromatic rings. The van der Waals surface area contributed by atoms with Crippen molar-refractivity contribution < 1.29 is 9.59 Å². The third-order valence-corrected chi connectivity index (χ3v) is 3.14. The summed E-state index contributed by atoms with van der Waals surface area (Å²) in [7, 11) is 0. The summed E-state index contributed by atoms with van der Waals surface area (Å²) in [5.41, 5.74) is 2.06. The van der Waals surface area contributed by atoms with E-state index in [4.69, 9.17) is 0 Å². The number of pyridine rings is 1. The summed E-state index contributed by atoms with van der Waals surface area (Å²) >= 11 is 0. The molecule has 1 aromatic carbocycles. The maximum absolute atomic E-state index is 12.3. The van der Waals surface area contributed by atoms with Crippen LogP contribution in [0.4, 0.5) is 5.69 Å². The van der Waals surface area contributed by atoms with Crippen molar-refractivity contribution in [1.29, 1.82) is 0 Å². The zero-order valence-electron chi connectivity index (χ0n) is 13.8. The quantitative estimate of drug-likeness (QED) is 0.914. The van der Waals surface area contributed by atoms with Crippen molar-refractivity contribution in [1.82, 2.24) is 10.3 Å². The Kier molecular flexibility index (Phi) is 4.79. The van der Waals surface area contributed by atoms with Crippen LogP contribution in [0.5, 0.6) is 0 Å². The van der Waals surface area contributed by atoms with Gasteiger partial charge in [-0.25, -0.2) is 0 Å². The van der Waals surface area contributed by atoms with Crippen LogP contribution in [0.1, 0.15) is 47.1 Å². The lowest BCUT2D eigenvalue weighted by Gasteiger charge is -2.20. The van der Waals surface area contributed by atoms with Gasteiger partial charge >= 0.3 is 0 Å². The van der Waals surface area contributed by atoms with Crippen molar-refractivity contribution in [2.75, 3.05) is 5.32 Å². The molecule has 0 radical (unpaired) electrons. The Morgan fingerprint density at radius 1 is 1.00 bits per heavy atom. The van der Waals surface area contributed by atoms with E-state index in [1.165, 1.54) is 12.4 Å². The van der Waals surface area contributed by atoms with Crippen LogP contribution in [0.15, 0.2) is 42.7 Å². The average molecular weight is 311 g/mol. The molecule has 0 spiro atoms. The van der Waals surface area contributed by atoms with E-state index in [-0.39, 0.29) is 17.4 Å². The van der Waals surface area contributed by atoms with E-state index in [2.05, 4.69) is 15.6 Å². The minimum atomic E-state index is -0.351. The Hall–Kier alpha value is -2.69. The number of carbonyl (C=O) groups excluding carboxylic acids is 2. The van der Waals surface area contributed by atoms with Crippen LogP contribution < -0.4 is 10.6 Å². The number of aromatic nitrogens is 1. The van der Waals surface area contributed by atoms with Gasteiger partial charge in [0.15, 0.2) is 0 Å². The maximum atomic E-state index is 12.3. The number of aryl methyl sites for hydroxylation is 1. The van der Waals surface area contributed by atoms with E-state index in [1.807, 2.05) is 52.0 Å². The molecule has 23 heavy (non-hydrogen) atoms. The van der Waals surface area contributed by atoms with Crippen LogP contribution in [0, 0.1) is 6.92 Å². The summed E-state index contributed by atoms with van der Waals surface area (Å²) < 4.78 is 0. The number of hydrogen-bond acceptors (Lipinski definition) is 3. The zero-order valence-corrected chi connectivity index (χ0v) is 13.8. The van der Waals surface area contributed by atoms with Crippen LogP contribution >= 0.6 is 0 Å². The fraction of sp³-hybridized carbons (Fsp3) is 0.278. The van der Waals surface area contributed by atoms with E-state index >= 15 is 0 Å². The molecule has 1 aromatic heterocycles. The monoisotopic (exact) mass is 311 g/mol. The summed E-state index contributed by atoms with van der Waals surface area (Å²) in [5, 5.41) is 5.68. The van der Waals surface area contributed by atoms with Gasteiger partial charge in [-0.15, -0.1) is 0 Å². The first-order chi connectivity index (χ1) is 10.8. The fourth-order valence-corrected chi connectivity index (χ4v) is 2.01. The number of carbonyl (C=O) groups is 2. The highest BCUT2D eigenvalue weighted by Gasteiger charge is 2.17. The lowest BCUT2D eigenvalue weighted by atomic mass is 10.1. The molecular formula is C18H21N3O2. The Bertz CT molecular complexity index is 733. The van der Waals surface area contributed by atoms with Gasteiger partial charge in [0.25, 0.3) is 11.8 Å². The van der Waals surface area contributed by atoms with E-state index in [1.54, 1.807) is 6.07 Å². The molecule has 0 saturated carbocycles. The maximum Gasteiger partial charge on any atom is 0.257 e. The summed E-state index contributed by atoms with van der Waals surface area (Å²) in [6, 6.07) is 9.05. The van der Waals surface area contributed by atoms with E-state index in [9.17, 15) is 9.59 Å². The molecule has 0 unspecified atom stereocenters. The number of para-hydroxylation sites is 1.